The molecule has 0 aromatic rings. The third-order valence-corrected chi connectivity index (χ3v) is 4.36. The summed E-state index contributed by atoms with van der Waals surface area (Å²) in [7, 11) is 0. The summed E-state index contributed by atoms with van der Waals surface area (Å²) in [6, 6.07) is 4.31. The number of allylic oxidation sites excluding steroid dienone is 5. The van der Waals surface area contributed by atoms with E-state index in [2.05, 4.69) is 48.4 Å². The number of carbonyl (C=O) groups excluding carboxylic acids is 1. The van der Waals surface area contributed by atoms with Crippen molar-refractivity contribution in [1.82, 2.24) is 0 Å². The number of ether oxygens (including phenoxy) is 1. The predicted molar refractivity (Wildman–Crippen MR) is 88.7 cm³/mol. The van der Waals surface area contributed by atoms with E-state index >= 15 is 0 Å². The Morgan fingerprint density at radius 2 is 2.17 bits per heavy atom. The Hall–Kier alpha value is -2.99. The van der Waals surface area contributed by atoms with Gasteiger partial charge in [-0.2, -0.15) is 10.5 Å². The number of esters is 1. The minimum atomic E-state index is -1.32. The van der Waals surface area contributed by atoms with Crippen molar-refractivity contribution in [2.45, 2.75) is 19.8 Å². The van der Waals surface area contributed by atoms with Crippen molar-refractivity contribution >= 4 is 5.97 Å². The lowest BCUT2D eigenvalue weighted by molar-refractivity contribution is -0.139. The van der Waals surface area contributed by atoms with E-state index in [9.17, 15) is 15.3 Å². The Bertz CT molecular complexity index is 759. The Morgan fingerprint density at radius 3 is 2.79 bits per heavy atom. The van der Waals surface area contributed by atoms with Gasteiger partial charge in [0.2, 0.25) is 0 Å². The lowest BCUT2D eigenvalue weighted by Crippen LogP contribution is -2.30. The Balaban J connectivity index is 2.29. The zero-order valence-corrected chi connectivity index (χ0v) is 13.6. The first kappa shape index (κ1) is 17.4. The van der Waals surface area contributed by atoms with Gasteiger partial charge in [-0.25, -0.2) is 0 Å². The zero-order chi connectivity index (χ0) is 17.6. The van der Waals surface area contributed by atoms with Crippen molar-refractivity contribution in [3.05, 3.63) is 42.2 Å². The maximum absolute atomic E-state index is 10.7. The fourth-order valence-electron chi connectivity index (χ4n) is 3.21. The second kappa shape index (κ2) is 7.52. The first-order chi connectivity index (χ1) is 11.6. The van der Waals surface area contributed by atoms with Crippen molar-refractivity contribution in [3.8, 4) is 24.0 Å². The minimum absolute atomic E-state index is 0.0376. The van der Waals surface area contributed by atoms with Gasteiger partial charge in [0.1, 0.15) is 0 Å². The number of nitrogens with zero attached hydrogens (tertiary/aromatic N) is 2. The normalized spacial score (nSPS) is 23.6. The van der Waals surface area contributed by atoms with Crippen LogP contribution in [-0.2, 0) is 9.53 Å². The molecular formula is C20H18N2O2. The first-order valence-electron chi connectivity index (χ1n) is 7.74. The molecule has 0 aromatic carbocycles. The summed E-state index contributed by atoms with van der Waals surface area (Å²) < 4.78 is 4.75. The summed E-state index contributed by atoms with van der Waals surface area (Å²) in [5.74, 6) is 5.55. The molecule has 0 saturated heterocycles. The van der Waals surface area contributed by atoms with E-state index in [1.807, 2.05) is 12.2 Å². The molecule has 0 aliphatic heterocycles. The quantitative estimate of drug-likeness (QED) is 0.345. The van der Waals surface area contributed by atoms with Crippen molar-refractivity contribution in [1.29, 1.82) is 10.5 Å². The van der Waals surface area contributed by atoms with Crippen LogP contribution in [0.15, 0.2) is 42.2 Å². The van der Waals surface area contributed by atoms with Crippen LogP contribution in [0, 0.1) is 57.7 Å². The number of hydrogen-bond acceptors (Lipinski definition) is 4. The van der Waals surface area contributed by atoms with Gasteiger partial charge in [0.15, 0.2) is 12.0 Å². The van der Waals surface area contributed by atoms with Crippen LogP contribution in [0.2, 0.25) is 0 Å². The molecule has 24 heavy (non-hydrogen) atoms. The predicted octanol–water partition coefficient (Wildman–Crippen LogP) is 3.07. The molecule has 120 valence electrons. The molecule has 2 aliphatic carbocycles. The third-order valence-electron chi connectivity index (χ3n) is 4.36. The Kier molecular flexibility index (Phi) is 5.44. The topological polar surface area (TPSA) is 73.9 Å². The summed E-state index contributed by atoms with van der Waals surface area (Å²) in [6.45, 7) is 4.90. The van der Waals surface area contributed by atoms with E-state index in [1.165, 1.54) is 6.92 Å². The third kappa shape index (κ3) is 3.49. The van der Waals surface area contributed by atoms with Crippen LogP contribution < -0.4 is 0 Å². The molecule has 0 N–H and O–H groups in total. The number of carbonyl (C=O) groups is 1. The standard InChI is InChI=1S/C20H18N2O2/c1-3-6-18-17-8-7-16(11-17)12-19(18)20(13-21,14-22)9-4-5-10-24-15(2)23/h6-8,12,16-18H,1,9-11H2,2H3/t16?,17-,18+/m1/s1. The van der Waals surface area contributed by atoms with Crippen LogP contribution >= 0.6 is 0 Å². The van der Waals surface area contributed by atoms with E-state index in [0.717, 1.165) is 12.0 Å². The van der Waals surface area contributed by atoms with E-state index < -0.39 is 11.4 Å². The smallest absolute Gasteiger partial charge is 0.303 e. The molecule has 4 nitrogen and oxygen atoms in total. The number of fused-ring (bicyclic) bond motifs is 2. The Labute approximate surface area is 142 Å². The molecule has 3 atom stereocenters. The maximum Gasteiger partial charge on any atom is 0.303 e. The molecule has 0 amide bonds. The molecule has 2 rings (SSSR count). The van der Waals surface area contributed by atoms with Gasteiger partial charge in [-0.05, 0) is 29.9 Å². The van der Waals surface area contributed by atoms with Crippen LogP contribution in [0.1, 0.15) is 19.8 Å². The van der Waals surface area contributed by atoms with E-state index in [4.69, 9.17) is 4.74 Å². The first-order valence-corrected chi connectivity index (χ1v) is 7.74. The molecule has 0 spiro atoms. The molecule has 4 heteroatoms. The molecule has 0 heterocycles. The van der Waals surface area contributed by atoms with Gasteiger partial charge in [0.05, 0.1) is 12.1 Å². The highest BCUT2D eigenvalue weighted by atomic mass is 16.5. The average molecular weight is 318 g/mol. The Morgan fingerprint density at radius 1 is 1.42 bits per heavy atom. The van der Waals surface area contributed by atoms with Crippen LogP contribution in [-0.4, -0.2) is 12.6 Å². The summed E-state index contributed by atoms with van der Waals surface area (Å²) in [4.78, 5) is 10.7. The lowest BCUT2D eigenvalue weighted by Gasteiger charge is -2.33. The second-order valence-corrected chi connectivity index (χ2v) is 5.91. The van der Waals surface area contributed by atoms with Crippen LogP contribution in [0.25, 0.3) is 0 Å². The van der Waals surface area contributed by atoms with Crippen molar-refractivity contribution in [2.75, 3.05) is 6.61 Å². The lowest BCUT2D eigenvalue weighted by atomic mass is 9.66. The molecule has 2 bridgehead atoms. The zero-order valence-electron chi connectivity index (χ0n) is 13.6. The highest BCUT2D eigenvalue weighted by molar-refractivity contribution is 5.66. The van der Waals surface area contributed by atoms with Gasteiger partial charge < -0.3 is 4.74 Å². The molecule has 0 saturated carbocycles. The van der Waals surface area contributed by atoms with Gasteiger partial charge in [-0.15, -0.1) is 5.73 Å². The van der Waals surface area contributed by atoms with Gasteiger partial charge in [-0.3, -0.25) is 4.79 Å². The molecule has 2 aliphatic rings. The molecule has 0 radical (unpaired) electrons. The van der Waals surface area contributed by atoms with Gasteiger partial charge in [0, 0.05) is 19.3 Å². The number of nitriles is 2. The summed E-state index contributed by atoms with van der Waals surface area (Å²) in [5, 5.41) is 19.4. The fourth-order valence-corrected chi connectivity index (χ4v) is 3.21. The van der Waals surface area contributed by atoms with Gasteiger partial charge in [-0.1, -0.05) is 36.6 Å². The molecular weight excluding hydrogens is 300 g/mol. The number of rotatable bonds is 4. The summed E-state index contributed by atoms with van der Waals surface area (Å²) in [6.07, 6.45) is 9.16. The monoisotopic (exact) mass is 318 g/mol. The van der Waals surface area contributed by atoms with E-state index in [1.54, 1.807) is 0 Å². The van der Waals surface area contributed by atoms with Gasteiger partial charge >= 0.3 is 5.97 Å². The van der Waals surface area contributed by atoms with E-state index in [-0.39, 0.29) is 30.8 Å². The second-order valence-electron chi connectivity index (χ2n) is 5.91. The van der Waals surface area contributed by atoms with Crippen LogP contribution in [0.3, 0.4) is 0 Å². The fraction of sp³-hybridized carbons (Fsp3) is 0.400. The minimum Gasteiger partial charge on any atom is -0.453 e. The average Bonchev–Trinajstić information content (AvgIpc) is 2.96. The number of hydrogen-bond donors (Lipinski definition) is 0. The SMILES string of the molecule is C=C=C[C@@H]1C(C(C#N)(C#N)CC#CCOC(C)=O)=CC2C=C[C@@H]1C2. The largest absolute Gasteiger partial charge is 0.453 e. The van der Waals surface area contributed by atoms with E-state index in [0.29, 0.717) is 0 Å². The summed E-state index contributed by atoms with van der Waals surface area (Å²) >= 11 is 0. The van der Waals surface area contributed by atoms with Crippen LogP contribution in [0.5, 0.6) is 0 Å². The highest BCUT2D eigenvalue weighted by Gasteiger charge is 2.43. The molecule has 1 unspecified atom stereocenters. The van der Waals surface area contributed by atoms with Crippen molar-refractivity contribution in [2.24, 2.45) is 23.2 Å². The van der Waals surface area contributed by atoms with Crippen molar-refractivity contribution < 1.29 is 9.53 Å². The van der Waals surface area contributed by atoms with Gasteiger partial charge in [0.25, 0.3) is 0 Å². The van der Waals surface area contributed by atoms with Crippen molar-refractivity contribution in [3.63, 3.8) is 0 Å². The highest BCUT2D eigenvalue weighted by Crippen LogP contribution is 2.48. The van der Waals surface area contributed by atoms with Crippen LogP contribution in [0.4, 0.5) is 0 Å². The summed E-state index contributed by atoms with van der Waals surface area (Å²) in [5.41, 5.74) is 2.26. The molecule has 0 fully saturated rings. The molecule has 0 aromatic heterocycles. The maximum atomic E-state index is 10.7.